The van der Waals surface area contributed by atoms with Crippen LogP contribution in [0.2, 0.25) is 0 Å². The fourth-order valence-corrected chi connectivity index (χ4v) is 2.46. The minimum Gasteiger partial charge on any atom is -0.378 e. The van der Waals surface area contributed by atoms with Gasteiger partial charge in [0.1, 0.15) is 5.82 Å². The van der Waals surface area contributed by atoms with Crippen LogP contribution in [0.3, 0.4) is 0 Å². The number of aromatic nitrogens is 2. The molecule has 6 heteroatoms. The van der Waals surface area contributed by atoms with Crippen molar-refractivity contribution in [3.63, 3.8) is 0 Å². The Morgan fingerprint density at radius 1 is 1.17 bits per heavy atom. The van der Waals surface area contributed by atoms with Crippen molar-refractivity contribution in [1.29, 1.82) is 0 Å². The molecule has 1 N–H and O–H groups in total. The van der Waals surface area contributed by atoms with Crippen molar-refractivity contribution >= 4 is 23.2 Å². The summed E-state index contributed by atoms with van der Waals surface area (Å²) in [5.41, 5.74) is 2.49. The van der Waals surface area contributed by atoms with Gasteiger partial charge in [-0.15, -0.1) is 0 Å². The van der Waals surface area contributed by atoms with Crippen LogP contribution < -0.4 is 10.2 Å². The third kappa shape index (κ3) is 3.84. The summed E-state index contributed by atoms with van der Waals surface area (Å²) in [5.74, 6) is 1.52. The molecule has 0 atom stereocenters. The molecule has 6 nitrogen and oxygen atoms in total. The number of morpholine rings is 1. The molecule has 23 heavy (non-hydrogen) atoms. The maximum Gasteiger partial charge on any atom is 0.227 e. The highest BCUT2D eigenvalue weighted by Gasteiger charge is 2.15. The highest BCUT2D eigenvalue weighted by Crippen LogP contribution is 2.19. The molecule has 0 bridgehead atoms. The van der Waals surface area contributed by atoms with Crippen LogP contribution in [0.5, 0.6) is 0 Å². The van der Waals surface area contributed by atoms with Gasteiger partial charge in [-0.1, -0.05) is 0 Å². The van der Waals surface area contributed by atoms with E-state index in [-0.39, 0.29) is 5.78 Å². The van der Waals surface area contributed by atoms with Gasteiger partial charge in [-0.25, -0.2) is 4.98 Å². The molecule has 1 aromatic heterocycles. The summed E-state index contributed by atoms with van der Waals surface area (Å²) in [7, 11) is 0. The van der Waals surface area contributed by atoms with Crippen LogP contribution in [0, 0.1) is 6.92 Å². The summed E-state index contributed by atoms with van der Waals surface area (Å²) >= 11 is 0. The van der Waals surface area contributed by atoms with Gasteiger partial charge in [-0.3, -0.25) is 4.79 Å². The largest absolute Gasteiger partial charge is 0.378 e. The zero-order valence-corrected chi connectivity index (χ0v) is 13.4. The lowest BCUT2D eigenvalue weighted by molar-refractivity contribution is 0.101. The van der Waals surface area contributed by atoms with Gasteiger partial charge < -0.3 is 15.0 Å². The minimum absolute atomic E-state index is 0.0593. The summed E-state index contributed by atoms with van der Waals surface area (Å²) in [4.78, 5) is 22.6. The Labute approximate surface area is 135 Å². The number of ether oxygens (including phenoxy) is 1. The van der Waals surface area contributed by atoms with Gasteiger partial charge in [-0.05, 0) is 38.1 Å². The first-order valence-electron chi connectivity index (χ1n) is 7.68. The number of carbonyl (C=O) groups is 1. The number of carbonyl (C=O) groups excluding carboxylic acids is 1. The molecule has 3 rings (SSSR count). The number of nitrogens with zero attached hydrogens (tertiary/aromatic N) is 3. The normalized spacial score (nSPS) is 14.6. The van der Waals surface area contributed by atoms with E-state index in [0.29, 0.717) is 18.8 Å². The van der Waals surface area contributed by atoms with Gasteiger partial charge in [-0.2, -0.15) is 4.98 Å². The molecule has 1 saturated heterocycles. The van der Waals surface area contributed by atoms with Crippen molar-refractivity contribution in [3.05, 3.63) is 41.6 Å². The highest BCUT2D eigenvalue weighted by atomic mass is 16.5. The van der Waals surface area contributed by atoms with Crippen molar-refractivity contribution in [2.24, 2.45) is 0 Å². The quantitative estimate of drug-likeness (QED) is 0.875. The Morgan fingerprint density at radius 3 is 2.52 bits per heavy atom. The second kappa shape index (κ2) is 6.75. The Balaban J connectivity index is 1.79. The van der Waals surface area contributed by atoms with Crippen LogP contribution in [-0.4, -0.2) is 42.1 Å². The first-order valence-corrected chi connectivity index (χ1v) is 7.68. The van der Waals surface area contributed by atoms with Gasteiger partial charge in [0.15, 0.2) is 5.78 Å². The van der Waals surface area contributed by atoms with E-state index in [2.05, 4.69) is 20.2 Å². The van der Waals surface area contributed by atoms with Gasteiger partial charge in [0.2, 0.25) is 5.95 Å². The number of hydrogen-bond donors (Lipinski definition) is 1. The van der Waals surface area contributed by atoms with Gasteiger partial charge in [0, 0.05) is 36.1 Å². The molecule has 0 saturated carbocycles. The molecule has 120 valence electrons. The van der Waals surface area contributed by atoms with Crippen molar-refractivity contribution < 1.29 is 9.53 Å². The van der Waals surface area contributed by atoms with Crippen LogP contribution in [0.15, 0.2) is 30.3 Å². The second-order valence-electron chi connectivity index (χ2n) is 5.55. The molecular formula is C17H20N4O2. The van der Waals surface area contributed by atoms with Gasteiger partial charge in [0.25, 0.3) is 0 Å². The Morgan fingerprint density at radius 2 is 1.87 bits per heavy atom. The molecule has 0 unspecified atom stereocenters. The lowest BCUT2D eigenvalue weighted by Gasteiger charge is -2.27. The third-order valence-electron chi connectivity index (χ3n) is 3.70. The minimum atomic E-state index is 0.0593. The van der Waals surface area contributed by atoms with Crippen molar-refractivity contribution in [1.82, 2.24) is 9.97 Å². The standard InChI is InChI=1S/C17H20N4O2/c1-12-11-16(19-15-5-3-14(4-6-15)13(2)22)20-17(18-12)21-7-9-23-10-8-21/h3-6,11H,7-10H2,1-2H3,(H,18,19,20). The lowest BCUT2D eigenvalue weighted by atomic mass is 10.1. The summed E-state index contributed by atoms with van der Waals surface area (Å²) in [6, 6.07) is 9.27. The molecule has 1 aliphatic rings. The Bertz CT molecular complexity index is 694. The zero-order valence-electron chi connectivity index (χ0n) is 13.4. The summed E-state index contributed by atoms with van der Waals surface area (Å²) in [5, 5.41) is 3.27. The SMILES string of the molecule is CC(=O)c1ccc(Nc2cc(C)nc(N3CCOCC3)n2)cc1. The molecule has 1 aromatic carbocycles. The van der Waals surface area contributed by atoms with Gasteiger partial charge in [0.05, 0.1) is 13.2 Å². The number of hydrogen-bond acceptors (Lipinski definition) is 6. The molecule has 2 aromatic rings. The number of Topliss-reactive ketones (excluding diaryl/α,β-unsaturated/α-hetero) is 1. The van der Waals surface area contributed by atoms with Crippen LogP contribution in [0.4, 0.5) is 17.5 Å². The molecule has 0 aliphatic carbocycles. The Kier molecular flexibility index (Phi) is 4.52. The summed E-state index contributed by atoms with van der Waals surface area (Å²) in [6.45, 7) is 6.52. The van der Waals surface area contributed by atoms with Crippen LogP contribution in [0.25, 0.3) is 0 Å². The number of anilines is 3. The fraction of sp³-hybridized carbons (Fsp3) is 0.353. The second-order valence-corrected chi connectivity index (χ2v) is 5.55. The third-order valence-corrected chi connectivity index (χ3v) is 3.70. The topological polar surface area (TPSA) is 67.4 Å². The lowest BCUT2D eigenvalue weighted by Crippen LogP contribution is -2.37. The molecular weight excluding hydrogens is 292 g/mol. The average molecular weight is 312 g/mol. The van der Waals surface area contributed by atoms with E-state index in [4.69, 9.17) is 4.74 Å². The van der Waals surface area contributed by atoms with E-state index in [0.717, 1.165) is 36.2 Å². The Hall–Kier alpha value is -2.47. The molecule has 1 aliphatic heterocycles. The summed E-state index contributed by atoms with van der Waals surface area (Å²) < 4.78 is 5.37. The van der Waals surface area contributed by atoms with Crippen LogP contribution in [0.1, 0.15) is 23.0 Å². The average Bonchev–Trinajstić information content (AvgIpc) is 2.55. The first kappa shape index (κ1) is 15.4. The number of ketones is 1. The van der Waals surface area contributed by atoms with Crippen LogP contribution >= 0.6 is 0 Å². The first-order chi connectivity index (χ1) is 11.1. The van der Waals surface area contributed by atoms with E-state index in [1.165, 1.54) is 0 Å². The van der Waals surface area contributed by atoms with Gasteiger partial charge >= 0.3 is 0 Å². The summed E-state index contributed by atoms with van der Waals surface area (Å²) in [6.07, 6.45) is 0. The van der Waals surface area contributed by atoms with E-state index in [1.54, 1.807) is 6.92 Å². The monoisotopic (exact) mass is 312 g/mol. The van der Waals surface area contributed by atoms with E-state index in [1.807, 2.05) is 37.3 Å². The fourth-order valence-electron chi connectivity index (χ4n) is 2.46. The number of benzene rings is 1. The smallest absolute Gasteiger partial charge is 0.227 e. The maximum absolute atomic E-state index is 11.3. The van der Waals surface area contributed by atoms with Crippen LogP contribution in [-0.2, 0) is 4.74 Å². The molecule has 0 radical (unpaired) electrons. The van der Waals surface area contributed by atoms with Crippen molar-refractivity contribution in [3.8, 4) is 0 Å². The number of nitrogens with one attached hydrogen (secondary N) is 1. The zero-order chi connectivity index (χ0) is 16.2. The van der Waals surface area contributed by atoms with E-state index < -0.39 is 0 Å². The molecule has 2 heterocycles. The predicted octanol–water partition coefficient (Wildman–Crippen LogP) is 2.57. The molecule has 0 amide bonds. The highest BCUT2D eigenvalue weighted by molar-refractivity contribution is 5.94. The predicted molar refractivity (Wildman–Crippen MR) is 89.5 cm³/mol. The van der Waals surface area contributed by atoms with E-state index >= 15 is 0 Å². The van der Waals surface area contributed by atoms with Crippen molar-refractivity contribution in [2.45, 2.75) is 13.8 Å². The number of rotatable bonds is 4. The van der Waals surface area contributed by atoms with E-state index in [9.17, 15) is 4.79 Å². The molecule has 1 fully saturated rings. The van der Waals surface area contributed by atoms with Crippen molar-refractivity contribution in [2.75, 3.05) is 36.5 Å². The molecule has 0 spiro atoms. The number of aryl methyl sites for hydroxylation is 1. The maximum atomic E-state index is 11.3.